The number of benzene rings is 2. The van der Waals surface area contributed by atoms with Crippen LogP contribution in [-0.2, 0) is 0 Å². The molecule has 6 heteroatoms. The van der Waals surface area contributed by atoms with Gasteiger partial charge in [0.05, 0.1) is 5.56 Å². The molecule has 0 aliphatic carbocycles. The fourth-order valence-corrected chi connectivity index (χ4v) is 3.56. The van der Waals surface area contributed by atoms with E-state index in [0.717, 1.165) is 23.9 Å². The van der Waals surface area contributed by atoms with Gasteiger partial charge in [-0.25, -0.2) is 4.39 Å². The number of aromatic nitrogens is 1. The highest BCUT2D eigenvalue weighted by Gasteiger charge is 2.25. The predicted octanol–water partition coefficient (Wildman–Crippen LogP) is 3.38. The summed E-state index contributed by atoms with van der Waals surface area (Å²) in [6, 6.07) is 15.2. The fourth-order valence-electron chi connectivity index (χ4n) is 3.56. The van der Waals surface area contributed by atoms with Crippen molar-refractivity contribution in [2.24, 2.45) is 0 Å². The van der Waals surface area contributed by atoms with E-state index < -0.39 is 0 Å². The van der Waals surface area contributed by atoms with Crippen LogP contribution in [0, 0.1) is 5.82 Å². The van der Waals surface area contributed by atoms with Crippen LogP contribution in [-0.4, -0.2) is 34.9 Å². The van der Waals surface area contributed by atoms with Crippen molar-refractivity contribution in [2.75, 3.05) is 18.4 Å². The molecule has 0 bridgehead atoms. The SMILES string of the molecule is O=C(c1cc(=O)[nH]c2ccccc12)N1CCC(Nc2ccc(F)cc2)CC1. The van der Waals surface area contributed by atoms with Crippen LogP contribution in [0.5, 0.6) is 0 Å². The number of aromatic amines is 1. The van der Waals surface area contributed by atoms with Gasteiger partial charge in [0.2, 0.25) is 5.56 Å². The molecule has 2 aromatic carbocycles. The molecule has 27 heavy (non-hydrogen) atoms. The molecule has 4 rings (SSSR count). The van der Waals surface area contributed by atoms with Gasteiger partial charge in [0.1, 0.15) is 5.82 Å². The molecular formula is C21H20FN3O2. The van der Waals surface area contributed by atoms with E-state index in [-0.39, 0.29) is 23.3 Å². The fraction of sp³-hybridized carbons (Fsp3) is 0.238. The number of anilines is 1. The maximum absolute atomic E-state index is 13.0. The molecule has 1 aromatic heterocycles. The van der Waals surface area contributed by atoms with E-state index in [1.165, 1.54) is 18.2 Å². The van der Waals surface area contributed by atoms with Crippen LogP contribution < -0.4 is 10.9 Å². The molecule has 1 fully saturated rings. The summed E-state index contributed by atoms with van der Waals surface area (Å²) in [6.45, 7) is 1.22. The maximum Gasteiger partial charge on any atom is 0.254 e. The van der Waals surface area contributed by atoms with Crippen molar-refractivity contribution in [1.82, 2.24) is 9.88 Å². The van der Waals surface area contributed by atoms with Gasteiger partial charge in [0, 0.05) is 41.8 Å². The molecule has 1 amide bonds. The van der Waals surface area contributed by atoms with Gasteiger partial charge in [0.15, 0.2) is 0 Å². The Hall–Kier alpha value is -3.15. The first-order valence-electron chi connectivity index (χ1n) is 9.03. The number of pyridine rings is 1. The molecule has 1 aliphatic heterocycles. The molecule has 0 radical (unpaired) electrons. The molecule has 1 aliphatic rings. The van der Waals surface area contributed by atoms with Crippen LogP contribution in [0.25, 0.3) is 10.9 Å². The second-order valence-electron chi connectivity index (χ2n) is 6.81. The number of hydrogen-bond donors (Lipinski definition) is 2. The second-order valence-corrected chi connectivity index (χ2v) is 6.81. The highest BCUT2D eigenvalue weighted by molar-refractivity contribution is 6.05. The van der Waals surface area contributed by atoms with Gasteiger partial charge in [0.25, 0.3) is 5.91 Å². The highest BCUT2D eigenvalue weighted by atomic mass is 19.1. The smallest absolute Gasteiger partial charge is 0.254 e. The Labute approximate surface area is 155 Å². The summed E-state index contributed by atoms with van der Waals surface area (Å²) < 4.78 is 13.0. The first-order valence-corrected chi connectivity index (χ1v) is 9.03. The average Bonchev–Trinajstić information content (AvgIpc) is 2.69. The number of carbonyl (C=O) groups is 1. The molecule has 0 atom stereocenters. The summed E-state index contributed by atoms with van der Waals surface area (Å²) in [7, 11) is 0. The number of fused-ring (bicyclic) bond motifs is 1. The van der Waals surface area contributed by atoms with Gasteiger partial charge in [-0.05, 0) is 43.2 Å². The summed E-state index contributed by atoms with van der Waals surface area (Å²) in [5, 5.41) is 4.14. The van der Waals surface area contributed by atoms with E-state index >= 15 is 0 Å². The third kappa shape index (κ3) is 3.69. The number of nitrogens with one attached hydrogen (secondary N) is 2. The number of hydrogen-bond acceptors (Lipinski definition) is 3. The number of likely N-dealkylation sites (tertiary alicyclic amines) is 1. The van der Waals surface area contributed by atoms with E-state index in [1.807, 2.05) is 18.2 Å². The topological polar surface area (TPSA) is 65.2 Å². The number of para-hydroxylation sites is 1. The molecule has 138 valence electrons. The largest absolute Gasteiger partial charge is 0.382 e. The van der Waals surface area contributed by atoms with Crippen LogP contribution >= 0.6 is 0 Å². The van der Waals surface area contributed by atoms with Crippen LogP contribution in [0.4, 0.5) is 10.1 Å². The number of rotatable bonds is 3. The number of H-pyrrole nitrogens is 1. The molecule has 0 spiro atoms. The molecule has 2 N–H and O–H groups in total. The molecule has 0 saturated carbocycles. The Morgan fingerprint density at radius 1 is 1.07 bits per heavy atom. The quantitative estimate of drug-likeness (QED) is 0.748. The van der Waals surface area contributed by atoms with E-state index in [9.17, 15) is 14.0 Å². The summed E-state index contributed by atoms with van der Waals surface area (Å²) in [4.78, 5) is 29.4. The van der Waals surface area contributed by atoms with Crippen LogP contribution in [0.1, 0.15) is 23.2 Å². The zero-order valence-corrected chi connectivity index (χ0v) is 14.7. The number of piperidine rings is 1. The highest BCUT2D eigenvalue weighted by Crippen LogP contribution is 2.21. The zero-order valence-electron chi connectivity index (χ0n) is 14.7. The van der Waals surface area contributed by atoms with Crippen molar-refractivity contribution in [1.29, 1.82) is 0 Å². The van der Waals surface area contributed by atoms with Crippen LogP contribution in [0.3, 0.4) is 0 Å². The van der Waals surface area contributed by atoms with E-state index in [1.54, 1.807) is 23.1 Å². The molecule has 0 unspecified atom stereocenters. The van der Waals surface area contributed by atoms with Gasteiger partial charge < -0.3 is 15.2 Å². The molecule has 2 heterocycles. The van der Waals surface area contributed by atoms with Gasteiger partial charge >= 0.3 is 0 Å². The molecular weight excluding hydrogens is 345 g/mol. The molecule has 5 nitrogen and oxygen atoms in total. The third-order valence-corrected chi connectivity index (χ3v) is 4.98. The Morgan fingerprint density at radius 2 is 1.78 bits per heavy atom. The van der Waals surface area contributed by atoms with Crippen LogP contribution in [0.15, 0.2) is 59.4 Å². The van der Waals surface area contributed by atoms with Crippen LogP contribution in [0.2, 0.25) is 0 Å². The number of carbonyl (C=O) groups excluding carboxylic acids is 1. The number of halogens is 1. The lowest BCUT2D eigenvalue weighted by Crippen LogP contribution is -2.42. The summed E-state index contributed by atoms with van der Waals surface area (Å²) in [5.74, 6) is -0.372. The van der Waals surface area contributed by atoms with Crippen molar-refractivity contribution in [3.63, 3.8) is 0 Å². The minimum absolute atomic E-state index is 0.113. The second kappa shape index (κ2) is 7.23. The summed E-state index contributed by atoms with van der Waals surface area (Å²) >= 11 is 0. The zero-order chi connectivity index (χ0) is 18.8. The van der Waals surface area contributed by atoms with Crippen molar-refractivity contribution in [3.8, 4) is 0 Å². The lowest BCUT2D eigenvalue weighted by atomic mass is 10.0. The van der Waals surface area contributed by atoms with Gasteiger partial charge in [-0.3, -0.25) is 9.59 Å². The Balaban J connectivity index is 1.46. The van der Waals surface area contributed by atoms with Crippen molar-refractivity contribution in [2.45, 2.75) is 18.9 Å². The van der Waals surface area contributed by atoms with Gasteiger partial charge in [-0.1, -0.05) is 18.2 Å². The minimum atomic E-state index is -0.273. The summed E-state index contributed by atoms with van der Waals surface area (Å²) in [6.07, 6.45) is 1.59. The standard InChI is InChI=1S/C21H20FN3O2/c22-14-5-7-15(8-6-14)23-16-9-11-25(12-10-16)21(27)18-13-20(26)24-19-4-2-1-3-17(18)19/h1-8,13,16,23H,9-12H2,(H,24,26). The Bertz CT molecular complexity index is 1020. The number of amides is 1. The van der Waals surface area contributed by atoms with Crippen molar-refractivity contribution in [3.05, 3.63) is 76.3 Å². The Morgan fingerprint density at radius 3 is 2.52 bits per heavy atom. The average molecular weight is 365 g/mol. The lowest BCUT2D eigenvalue weighted by Gasteiger charge is -2.33. The summed E-state index contributed by atoms with van der Waals surface area (Å²) in [5.41, 5.74) is 1.71. The van der Waals surface area contributed by atoms with Gasteiger partial charge in [-0.15, -0.1) is 0 Å². The first kappa shape index (κ1) is 17.3. The minimum Gasteiger partial charge on any atom is -0.382 e. The van der Waals surface area contributed by atoms with E-state index in [4.69, 9.17) is 0 Å². The van der Waals surface area contributed by atoms with E-state index in [0.29, 0.717) is 24.2 Å². The first-order chi connectivity index (χ1) is 13.1. The molecule has 1 saturated heterocycles. The van der Waals surface area contributed by atoms with Gasteiger partial charge in [-0.2, -0.15) is 0 Å². The third-order valence-electron chi connectivity index (χ3n) is 4.98. The van der Waals surface area contributed by atoms with Crippen molar-refractivity contribution < 1.29 is 9.18 Å². The Kier molecular flexibility index (Phi) is 4.62. The molecule has 3 aromatic rings. The predicted molar refractivity (Wildman–Crippen MR) is 104 cm³/mol. The maximum atomic E-state index is 13.0. The lowest BCUT2D eigenvalue weighted by molar-refractivity contribution is 0.0720. The van der Waals surface area contributed by atoms with Crippen molar-refractivity contribution >= 4 is 22.5 Å². The number of nitrogens with zero attached hydrogens (tertiary/aromatic N) is 1. The normalized spacial score (nSPS) is 15.1. The van der Waals surface area contributed by atoms with E-state index in [2.05, 4.69) is 10.3 Å². The monoisotopic (exact) mass is 365 g/mol.